The first kappa shape index (κ1) is 15.6. The van der Waals surface area contributed by atoms with Gasteiger partial charge in [0, 0.05) is 11.4 Å². The first-order valence-electron chi connectivity index (χ1n) is 6.14. The molecule has 0 saturated carbocycles. The molecular formula is C14H16ClN3O2S. The molecule has 2 aromatic rings. The number of nitrogens with two attached hydrogens (primary N) is 2. The van der Waals surface area contributed by atoms with Gasteiger partial charge in [0.1, 0.15) is 0 Å². The fourth-order valence-corrected chi connectivity index (χ4v) is 3.02. The van der Waals surface area contributed by atoms with E-state index >= 15 is 0 Å². The summed E-state index contributed by atoms with van der Waals surface area (Å²) in [6, 6.07) is 8.49. The summed E-state index contributed by atoms with van der Waals surface area (Å²) in [5, 5.41) is 8.84. The quantitative estimate of drug-likeness (QED) is 0.755. The number of hydrogen-bond acceptors (Lipinski definition) is 4. The lowest BCUT2D eigenvalue weighted by atomic mass is 10.1. The van der Waals surface area contributed by atoms with Gasteiger partial charge < -0.3 is 11.1 Å². The molecule has 2 rings (SSSR count). The number of rotatable bonds is 3. The molecule has 0 aliphatic carbocycles. The highest BCUT2D eigenvalue weighted by Gasteiger charge is 2.16. The van der Waals surface area contributed by atoms with E-state index in [9.17, 15) is 8.42 Å². The highest BCUT2D eigenvalue weighted by atomic mass is 35.5. The maximum atomic E-state index is 11.6. The zero-order chi connectivity index (χ0) is 15.8. The predicted octanol–water partition coefficient (Wildman–Crippen LogP) is 2.93. The molecule has 0 aliphatic rings. The van der Waals surface area contributed by atoms with Crippen LogP contribution in [0, 0.1) is 13.8 Å². The minimum absolute atomic E-state index is 0.00576. The average molecular weight is 326 g/mol. The number of nitrogen functional groups attached to an aromatic ring is 1. The molecule has 5 N–H and O–H groups in total. The maximum Gasteiger partial charge on any atom is 0.238 e. The summed E-state index contributed by atoms with van der Waals surface area (Å²) in [6.07, 6.45) is 0. The zero-order valence-corrected chi connectivity index (χ0v) is 13.2. The molecule has 0 spiro atoms. The molecule has 0 saturated heterocycles. The normalized spacial score (nSPS) is 11.4. The van der Waals surface area contributed by atoms with Crippen LogP contribution in [0.15, 0.2) is 35.2 Å². The van der Waals surface area contributed by atoms with Crippen LogP contribution in [0.25, 0.3) is 0 Å². The Hall–Kier alpha value is -1.76. The van der Waals surface area contributed by atoms with Gasteiger partial charge in [0.2, 0.25) is 10.0 Å². The van der Waals surface area contributed by atoms with Crippen molar-refractivity contribution in [1.29, 1.82) is 0 Å². The third-order valence-electron chi connectivity index (χ3n) is 3.08. The summed E-state index contributed by atoms with van der Waals surface area (Å²) in [4.78, 5) is -0.00576. The molecule has 0 atom stereocenters. The van der Waals surface area contributed by atoms with Crippen LogP contribution in [0.2, 0.25) is 5.02 Å². The summed E-state index contributed by atoms with van der Waals surface area (Å²) in [5.41, 5.74) is 8.79. The summed E-state index contributed by atoms with van der Waals surface area (Å²) >= 11 is 6.13. The van der Waals surface area contributed by atoms with E-state index in [-0.39, 0.29) is 4.90 Å². The van der Waals surface area contributed by atoms with E-state index < -0.39 is 10.0 Å². The topological polar surface area (TPSA) is 98.2 Å². The van der Waals surface area contributed by atoms with Crippen molar-refractivity contribution >= 4 is 38.7 Å². The molecule has 0 heterocycles. The smallest absolute Gasteiger partial charge is 0.238 e. The number of anilines is 3. The molecular weight excluding hydrogens is 310 g/mol. The Kier molecular flexibility index (Phi) is 4.13. The van der Waals surface area contributed by atoms with Crippen LogP contribution in [-0.4, -0.2) is 8.42 Å². The van der Waals surface area contributed by atoms with Gasteiger partial charge in [0.25, 0.3) is 0 Å². The third kappa shape index (κ3) is 3.47. The molecule has 0 unspecified atom stereocenters. The summed E-state index contributed by atoms with van der Waals surface area (Å²) < 4.78 is 23.2. The number of primary sulfonamides is 1. The Morgan fingerprint density at radius 3 is 2.38 bits per heavy atom. The largest absolute Gasteiger partial charge is 0.399 e. The van der Waals surface area contributed by atoms with Crippen LogP contribution in [-0.2, 0) is 10.0 Å². The lowest BCUT2D eigenvalue weighted by Crippen LogP contribution is -2.15. The van der Waals surface area contributed by atoms with Crippen molar-refractivity contribution in [2.45, 2.75) is 18.7 Å². The van der Waals surface area contributed by atoms with Crippen molar-refractivity contribution in [2.75, 3.05) is 11.1 Å². The van der Waals surface area contributed by atoms with Gasteiger partial charge in [0.15, 0.2) is 0 Å². The van der Waals surface area contributed by atoms with E-state index in [1.807, 2.05) is 19.1 Å². The van der Waals surface area contributed by atoms with Crippen LogP contribution >= 0.6 is 11.6 Å². The fraction of sp³-hybridized carbons (Fsp3) is 0.143. The van der Waals surface area contributed by atoms with Crippen LogP contribution in [0.3, 0.4) is 0 Å². The maximum absolute atomic E-state index is 11.6. The van der Waals surface area contributed by atoms with Crippen LogP contribution in [0.1, 0.15) is 11.1 Å². The van der Waals surface area contributed by atoms with Crippen molar-refractivity contribution in [2.24, 2.45) is 5.14 Å². The van der Waals surface area contributed by atoms with Gasteiger partial charge in [-0.15, -0.1) is 0 Å². The number of hydrogen-bond donors (Lipinski definition) is 3. The highest BCUT2D eigenvalue weighted by molar-refractivity contribution is 7.89. The minimum atomic E-state index is -3.84. The lowest BCUT2D eigenvalue weighted by Gasteiger charge is -2.15. The van der Waals surface area contributed by atoms with Gasteiger partial charge in [-0.25, -0.2) is 13.6 Å². The minimum Gasteiger partial charge on any atom is -0.399 e. The van der Waals surface area contributed by atoms with Crippen LogP contribution in [0.5, 0.6) is 0 Å². The van der Waals surface area contributed by atoms with E-state index in [1.165, 1.54) is 6.07 Å². The number of sulfonamides is 1. The molecule has 0 bridgehead atoms. The Bertz CT molecular complexity index is 804. The van der Waals surface area contributed by atoms with Gasteiger partial charge in [-0.3, -0.25) is 0 Å². The van der Waals surface area contributed by atoms with Crippen molar-refractivity contribution in [3.8, 4) is 0 Å². The molecule has 0 fully saturated rings. The van der Waals surface area contributed by atoms with Crippen molar-refractivity contribution in [1.82, 2.24) is 0 Å². The second-order valence-electron chi connectivity index (χ2n) is 4.84. The van der Waals surface area contributed by atoms with E-state index in [1.54, 1.807) is 19.1 Å². The van der Waals surface area contributed by atoms with Gasteiger partial charge >= 0.3 is 0 Å². The Morgan fingerprint density at radius 1 is 1.10 bits per heavy atom. The van der Waals surface area contributed by atoms with E-state index in [4.69, 9.17) is 22.5 Å². The van der Waals surface area contributed by atoms with Crippen molar-refractivity contribution in [3.63, 3.8) is 0 Å². The number of benzene rings is 2. The summed E-state index contributed by atoms with van der Waals surface area (Å²) in [6.45, 7) is 3.59. The van der Waals surface area contributed by atoms with E-state index in [0.29, 0.717) is 27.6 Å². The van der Waals surface area contributed by atoms with Crippen molar-refractivity contribution in [3.05, 3.63) is 46.5 Å². The summed E-state index contributed by atoms with van der Waals surface area (Å²) in [7, 11) is -3.84. The SMILES string of the molecule is Cc1ccc(Cl)c(Nc2cc(N)cc(S(N)(=O)=O)c2C)c1. The molecule has 112 valence electrons. The van der Waals surface area contributed by atoms with E-state index in [0.717, 1.165) is 5.56 Å². The fourth-order valence-electron chi connectivity index (χ4n) is 2.01. The monoisotopic (exact) mass is 325 g/mol. The Morgan fingerprint density at radius 2 is 1.76 bits per heavy atom. The number of aryl methyl sites for hydroxylation is 1. The second-order valence-corrected chi connectivity index (χ2v) is 6.78. The first-order chi connectivity index (χ1) is 9.68. The molecule has 0 aromatic heterocycles. The standard InChI is InChI=1S/C14H16ClN3O2S/c1-8-3-4-11(15)13(5-8)18-12-6-10(16)7-14(9(12)2)21(17,19)20/h3-7,18H,16H2,1-2H3,(H2,17,19,20). The number of halogens is 1. The van der Waals surface area contributed by atoms with Gasteiger partial charge in [-0.1, -0.05) is 17.7 Å². The molecule has 21 heavy (non-hydrogen) atoms. The first-order valence-corrected chi connectivity index (χ1v) is 8.07. The zero-order valence-electron chi connectivity index (χ0n) is 11.6. The molecule has 0 amide bonds. The Balaban J connectivity index is 2.55. The van der Waals surface area contributed by atoms with E-state index in [2.05, 4.69) is 5.32 Å². The van der Waals surface area contributed by atoms with Crippen LogP contribution < -0.4 is 16.2 Å². The van der Waals surface area contributed by atoms with Gasteiger partial charge in [-0.05, 0) is 49.2 Å². The van der Waals surface area contributed by atoms with Gasteiger partial charge in [0.05, 0.1) is 15.6 Å². The molecule has 0 aliphatic heterocycles. The molecule has 2 aromatic carbocycles. The summed E-state index contributed by atoms with van der Waals surface area (Å²) in [5.74, 6) is 0. The average Bonchev–Trinajstić information content (AvgIpc) is 2.36. The Labute approximate surface area is 129 Å². The van der Waals surface area contributed by atoms with Gasteiger partial charge in [-0.2, -0.15) is 0 Å². The van der Waals surface area contributed by atoms with Crippen LogP contribution in [0.4, 0.5) is 17.1 Å². The molecule has 0 radical (unpaired) electrons. The van der Waals surface area contributed by atoms with Crippen molar-refractivity contribution < 1.29 is 8.42 Å². The molecule has 7 heteroatoms. The highest BCUT2D eigenvalue weighted by Crippen LogP contribution is 2.31. The predicted molar refractivity (Wildman–Crippen MR) is 86.4 cm³/mol. The second kappa shape index (κ2) is 5.55. The number of nitrogens with one attached hydrogen (secondary N) is 1. The lowest BCUT2D eigenvalue weighted by molar-refractivity contribution is 0.597. The third-order valence-corrected chi connectivity index (χ3v) is 4.45. The molecule has 5 nitrogen and oxygen atoms in total.